The van der Waals surface area contributed by atoms with Crippen molar-refractivity contribution in [3.05, 3.63) is 65.2 Å². The summed E-state index contributed by atoms with van der Waals surface area (Å²) in [6, 6.07) is 10.7. The van der Waals surface area contributed by atoms with Gasteiger partial charge in [-0.25, -0.2) is 24.5 Å². The molecule has 60 heavy (non-hydrogen) atoms. The number of thiol groups is 1. The minimum atomic E-state index is -3.68. The molecule has 7 atom stereocenters. The van der Waals surface area contributed by atoms with Gasteiger partial charge in [0.2, 0.25) is 11.9 Å². The second-order valence-corrected chi connectivity index (χ2v) is 17.2. The molecule has 1 unspecified atom stereocenters. The summed E-state index contributed by atoms with van der Waals surface area (Å²) in [6.07, 6.45) is -0.378. The molecule has 0 saturated carbocycles. The van der Waals surface area contributed by atoms with E-state index in [1.54, 1.807) is 48.7 Å². The van der Waals surface area contributed by atoms with Crippen molar-refractivity contribution in [2.24, 2.45) is 5.92 Å². The zero-order valence-corrected chi connectivity index (χ0v) is 35.2. The Balaban J connectivity index is 1.07. The van der Waals surface area contributed by atoms with Crippen LogP contribution in [0.15, 0.2) is 54.1 Å². The number of hydrogen-bond donors (Lipinski definition) is 4. The van der Waals surface area contributed by atoms with Gasteiger partial charge in [-0.05, 0) is 36.8 Å². The van der Waals surface area contributed by atoms with E-state index < -0.39 is 57.8 Å². The molecule has 1 aromatic carbocycles. The Morgan fingerprint density at radius 3 is 2.58 bits per heavy atom. The summed E-state index contributed by atoms with van der Waals surface area (Å²) in [4.78, 5) is 62.2. The highest BCUT2D eigenvalue weighted by Gasteiger charge is 2.44. The van der Waals surface area contributed by atoms with Gasteiger partial charge in [0.25, 0.3) is 11.5 Å². The fraction of sp³-hybridized carbons (Fsp3) is 0.441. The summed E-state index contributed by atoms with van der Waals surface area (Å²) in [5.74, 6) is -1.02. The number of fused-ring (bicyclic) bond motifs is 2. The molecule has 0 aliphatic carbocycles. The Bertz CT molecular complexity index is 2500. The second kappa shape index (κ2) is 19.4. The minimum Gasteiger partial charge on any atom is -0.349 e. The van der Waals surface area contributed by atoms with E-state index in [0.717, 1.165) is 0 Å². The van der Waals surface area contributed by atoms with Gasteiger partial charge < -0.3 is 32.5 Å². The average Bonchev–Trinajstić information content (AvgIpc) is 4.04. The molecule has 0 spiro atoms. The van der Waals surface area contributed by atoms with Crippen LogP contribution in [0.3, 0.4) is 0 Å². The van der Waals surface area contributed by atoms with E-state index in [1.165, 1.54) is 23.5 Å². The quantitative estimate of drug-likeness (QED) is 0.0411. The van der Waals surface area contributed by atoms with Gasteiger partial charge >= 0.3 is 15.4 Å². The number of H-pyrrole nitrogens is 1. The zero-order chi connectivity index (χ0) is 42.4. The molecule has 2 aliphatic rings. The highest BCUT2D eigenvalue weighted by molar-refractivity contribution is 8.07. The van der Waals surface area contributed by atoms with Crippen LogP contribution in [0.2, 0.25) is 0 Å². The van der Waals surface area contributed by atoms with Crippen LogP contribution < -0.4 is 16.2 Å². The lowest BCUT2D eigenvalue weighted by molar-refractivity contribution is -0.118. The SMILES string of the molecule is CC(C)C(=O)Nc1nc2c(ncn2[C@@H]2O[C@H](COP(=S)(OCCC#N)O[C@H]3C[C@H](n4cnc5c(NC(=O)c6ccccc6)ncnc54)O[C@@H]3COS)C[C@H]2OP=O)c(=O)[nH]1. The van der Waals surface area contributed by atoms with Gasteiger partial charge in [-0.15, -0.1) is 0 Å². The Hall–Kier alpha value is -4.63. The van der Waals surface area contributed by atoms with Crippen molar-refractivity contribution in [1.29, 1.82) is 5.26 Å². The molecule has 2 aliphatic heterocycles. The first-order valence-electron chi connectivity index (χ1n) is 18.3. The fourth-order valence-corrected chi connectivity index (χ4v) is 9.02. The van der Waals surface area contributed by atoms with Gasteiger partial charge in [0.1, 0.15) is 30.9 Å². The van der Waals surface area contributed by atoms with Gasteiger partial charge in [0.05, 0.1) is 51.1 Å². The van der Waals surface area contributed by atoms with E-state index in [4.69, 9.17) is 43.6 Å². The summed E-state index contributed by atoms with van der Waals surface area (Å²) in [5.41, 5.74) is 0.573. The Morgan fingerprint density at radius 2 is 1.83 bits per heavy atom. The Labute approximate surface area is 352 Å². The number of hydrogen-bond acceptors (Lipinski definition) is 19. The number of rotatable bonds is 18. The summed E-state index contributed by atoms with van der Waals surface area (Å²) in [5, 5.41) is 14.6. The number of ether oxygens (including phenoxy) is 2. The van der Waals surface area contributed by atoms with Crippen LogP contribution in [-0.2, 0) is 52.9 Å². The molecule has 0 bridgehead atoms. The molecule has 316 valence electrons. The molecule has 2 saturated heterocycles. The summed E-state index contributed by atoms with van der Waals surface area (Å²) in [7, 11) is -0.637. The Kier molecular flexibility index (Phi) is 14.0. The van der Waals surface area contributed by atoms with Crippen LogP contribution in [-0.4, -0.2) is 95.1 Å². The van der Waals surface area contributed by atoms with Crippen LogP contribution >= 0.6 is 28.3 Å². The number of carbonyl (C=O) groups excluding carboxylic acids is 2. The van der Waals surface area contributed by atoms with Crippen LogP contribution in [0.5, 0.6) is 0 Å². The number of nitriles is 1. The third kappa shape index (κ3) is 9.77. The third-order valence-corrected chi connectivity index (χ3v) is 12.2. The first-order chi connectivity index (χ1) is 29.0. The highest BCUT2D eigenvalue weighted by Crippen LogP contribution is 2.54. The summed E-state index contributed by atoms with van der Waals surface area (Å²) < 4.78 is 56.6. The number of anilines is 2. The van der Waals surface area contributed by atoms with E-state index in [0.29, 0.717) is 16.7 Å². The molecular weight excluding hydrogens is 865 g/mol. The molecule has 22 nitrogen and oxygen atoms in total. The topological polar surface area (TPSA) is 271 Å². The monoisotopic (exact) mass is 901 g/mol. The molecule has 5 aromatic rings. The average molecular weight is 902 g/mol. The van der Waals surface area contributed by atoms with Crippen LogP contribution in [0.4, 0.5) is 11.8 Å². The van der Waals surface area contributed by atoms with Gasteiger partial charge in [0.15, 0.2) is 34.4 Å². The maximum Gasteiger partial charge on any atom is 0.327 e. The summed E-state index contributed by atoms with van der Waals surface area (Å²) >= 11 is 9.82. The number of carbonyl (C=O) groups is 2. The number of nitrogens with one attached hydrogen (secondary N) is 3. The second-order valence-electron chi connectivity index (χ2n) is 13.6. The number of aromatic nitrogens is 8. The molecule has 2 amide bonds. The minimum absolute atomic E-state index is 0.0120. The molecule has 2 fully saturated rings. The number of benzene rings is 1. The maximum absolute atomic E-state index is 12.9. The highest BCUT2D eigenvalue weighted by atomic mass is 32.5. The molecule has 0 radical (unpaired) electrons. The van der Waals surface area contributed by atoms with E-state index >= 15 is 0 Å². The van der Waals surface area contributed by atoms with Crippen molar-refractivity contribution >= 4 is 86.0 Å². The normalized spacial score (nSPS) is 22.6. The lowest BCUT2D eigenvalue weighted by atomic mass is 10.2. The third-order valence-electron chi connectivity index (χ3n) is 9.30. The van der Waals surface area contributed by atoms with Crippen LogP contribution in [0.25, 0.3) is 22.3 Å². The maximum atomic E-state index is 12.9. The predicted octanol–water partition coefficient (Wildman–Crippen LogP) is 4.39. The first-order valence-corrected chi connectivity index (χ1v) is 22.0. The molecule has 3 N–H and O–H groups in total. The molecule has 7 rings (SSSR count). The zero-order valence-electron chi connectivity index (χ0n) is 31.7. The lowest BCUT2D eigenvalue weighted by Gasteiger charge is -2.27. The summed E-state index contributed by atoms with van der Waals surface area (Å²) in [6.45, 7) is -0.641. The largest absolute Gasteiger partial charge is 0.349 e. The molecular formula is C34H37N11O11P2S2. The van der Waals surface area contributed by atoms with Crippen molar-refractivity contribution in [3.63, 3.8) is 0 Å². The van der Waals surface area contributed by atoms with E-state index in [-0.39, 0.29) is 79.7 Å². The fourth-order valence-electron chi connectivity index (χ4n) is 6.42. The number of nitrogens with zero attached hydrogens (tertiary/aromatic N) is 8. The van der Waals surface area contributed by atoms with E-state index in [1.807, 2.05) is 6.07 Å². The van der Waals surface area contributed by atoms with Crippen molar-refractivity contribution in [2.45, 2.75) is 70.0 Å². The van der Waals surface area contributed by atoms with Crippen molar-refractivity contribution < 1.29 is 45.9 Å². The smallest absolute Gasteiger partial charge is 0.327 e. The van der Waals surface area contributed by atoms with Gasteiger partial charge in [-0.1, -0.05) is 32.0 Å². The number of amides is 2. The number of aromatic amines is 1. The van der Waals surface area contributed by atoms with Crippen molar-refractivity contribution in [3.8, 4) is 6.07 Å². The van der Waals surface area contributed by atoms with Gasteiger partial charge in [-0.3, -0.25) is 38.3 Å². The first kappa shape index (κ1) is 43.5. The molecule has 4 aromatic heterocycles. The van der Waals surface area contributed by atoms with E-state index in [9.17, 15) is 24.2 Å². The van der Waals surface area contributed by atoms with E-state index in [2.05, 4.69) is 53.4 Å². The molecule has 26 heteroatoms. The standard InChI is InChI=1S/C34H37N11O11P2S2/c1-18(2)30(46)42-34-41-29-26(32(48)43-34)39-17-45(29)33-22(55-57-49)11-20(53-33)13-51-58(60,50-10-6-9-35)56-21-12-24(54-23(21)14-52-59)44-16-38-25-27(36-15-37-28(25)44)40-31(47)19-7-4-3-5-8-19/h3-5,7-8,15-18,20-24,33,59H,6,10-14H2,1-2H3,(H,36,37,40,47)(H2,41,42,43,46,48)/t20-,21-,22+,23+,24+,33+,58?/m0/s1. The van der Waals surface area contributed by atoms with Crippen molar-refractivity contribution in [1.82, 2.24) is 39.0 Å². The van der Waals surface area contributed by atoms with Crippen LogP contribution in [0.1, 0.15) is 55.9 Å². The predicted molar refractivity (Wildman–Crippen MR) is 217 cm³/mol. The lowest BCUT2D eigenvalue weighted by Crippen LogP contribution is -2.28. The van der Waals surface area contributed by atoms with Crippen LogP contribution in [0, 0.1) is 17.2 Å². The Morgan fingerprint density at radius 1 is 1.05 bits per heavy atom. The van der Waals surface area contributed by atoms with Gasteiger partial charge in [0, 0.05) is 24.3 Å². The molecule has 6 heterocycles. The van der Waals surface area contributed by atoms with Gasteiger partial charge in [-0.2, -0.15) is 10.2 Å². The number of imidazole rings is 2. The van der Waals surface area contributed by atoms with Crippen molar-refractivity contribution in [2.75, 3.05) is 30.5 Å².